The molecule has 1 aliphatic carbocycles. The second-order valence-electron chi connectivity index (χ2n) is 5.19. The summed E-state index contributed by atoms with van der Waals surface area (Å²) in [5.41, 5.74) is 3.38. The summed E-state index contributed by atoms with van der Waals surface area (Å²) in [4.78, 5) is 1.13. The van der Waals surface area contributed by atoms with Crippen molar-refractivity contribution in [2.45, 2.75) is 6.54 Å². The summed E-state index contributed by atoms with van der Waals surface area (Å²) in [5, 5.41) is 38.3. The van der Waals surface area contributed by atoms with Gasteiger partial charge < -0.3 is 10.4 Å². The maximum absolute atomic E-state index is 11.4. The summed E-state index contributed by atoms with van der Waals surface area (Å²) in [5.74, 6) is 0. The Labute approximate surface area is 129 Å². The monoisotopic (exact) mass is 310 g/mol. The van der Waals surface area contributed by atoms with E-state index in [-0.39, 0.29) is 11.9 Å². The van der Waals surface area contributed by atoms with Crippen molar-refractivity contribution >= 4 is 11.0 Å². The average Bonchev–Trinajstić information content (AvgIpc) is 3.10. The number of para-hydroxylation sites is 1. The van der Waals surface area contributed by atoms with Gasteiger partial charge in [0.1, 0.15) is 11.2 Å². The van der Waals surface area contributed by atoms with Gasteiger partial charge in [-0.25, -0.2) is 9.48 Å². The van der Waals surface area contributed by atoms with Crippen LogP contribution in [0, 0.1) is 10.4 Å². The van der Waals surface area contributed by atoms with E-state index in [2.05, 4.69) is 20.5 Å². The van der Waals surface area contributed by atoms with E-state index in [0.29, 0.717) is 17.0 Å². The minimum Gasteiger partial charge on any atom is -0.612 e. The number of rotatable bonds is 2. The van der Waals surface area contributed by atoms with Crippen LogP contribution in [0.15, 0.2) is 36.4 Å². The molecule has 1 aromatic carbocycles. The summed E-state index contributed by atoms with van der Waals surface area (Å²) in [6.45, 7) is 0.232. The molecule has 2 aromatic rings. The van der Waals surface area contributed by atoms with E-state index >= 15 is 0 Å². The fourth-order valence-electron chi connectivity index (χ4n) is 2.70. The van der Waals surface area contributed by atoms with Crippen molar-refractivity contribution in [1.29, 1.82) is 0 Å². The molecule has 9 nitrogen and oxygen atoms in total. The normalized spacial score (nSPS) is 11.3. The fraction of sp³-hybridized carbons (Fsp3) is 0.143. The Kier molecular flexibility index (Phi) is 2.80. The van der Waals surface area contributed by atoms with Crippen LogP contribution in [-0.4, -0.2) is 30.0 Å². The minimum atomic E-state index is -0.394. The van der Waals surface area contributed by atoms with E-state index < -0.39 is 4.90 Å². The molecule has 0 radical (unpaired) electrons. The number of aryl methyl sites for hydroxylation is 1. The number of hydrogen-bond donors (Lipinski definition) is 1. The van der Waals surface area contributed by atoms with Gasteiger partial charge in [-0.1, -0.05) is 17.3 Å². The predicted molar refractivity (Wildman–Crippen MR) is 82.8 cm³/mol. The Morgan fingerprint density at radius 2 is 2.00 bits per heavy atom. The van der Waals surface area contributed by atoms with Crippen LogP contribution in [0.5, 0.6) is 0 Å². The number of fused-ring (bicyclic) bond motifs is 2. The maximum Gasteiger partial charge on any atom is 0.230 e. The first-order valence-corrected chi connectivity index (χ1v) is 6.94. The lowest BCUT2D eigenvalue weighted by Gasteiger charge is -2.09. The largest absolute Gasteiger partial charge is 0.612 e. The highest BCUT2D eigenvalue weighted by molar-refractivity contribution is 5.74. The van der Waals surface area contributed by atoms with Gasteiger partial charge in [0.25, 0.3) is 0 Å². The zero-order valence-corrected chi connectivity index (χ0v) is 12.2. The molecule has 1 N–H and O–H groups in total. The standard InChI is InChI=1S/C14H12N7O2/c1-19-16-11-6-7-12(21(22)23)9(14(11)17-19)8-20-13-5-3-2-4-10(13)15-18-20/h2-7,17H,8H2,1H3/q-1. The second kappa shape index (κ2) is 4.83. The van der Waals surface area contributed by atoms with Gasteiger partial charge in [0.2, 0.25) is 5.36 Å². The number of nitrogens with zero attached hydrogens (tertiary/aromatic N) is 6. The van der Waals surface area contributed by atoms with Crippen LogP contribution < -0.4 is 10.3 Å². The van der Waals surface area contributed by atoms with Gasteiger partial charge in [-0.3, -0.25) is 5.10 Å². The third-order valence-corrected chi connectivity index (χ3v) is 3.72. The molecule has 0 atom stereocenters. The summed E-state index contributed by atoms with van der Waals surface area (Å²) in [7, 11) is 1.74. The SMILES string of the molecule is Cn1nc2ccc(=[N+]([O-])[O-])c(Cn3nnc4ccccc43)c-2[nH]1. The van der Waals surface area contributed by atoms with Crippen molar-refractivity contribution in [3.63, 3.8) is 0 Å². The summed E-state index contributed by atoms with van der Waals surface area (Å²) in [6, 6.07) is 10.6. The summed E-state index contributed by atoms with van der Waals surface area (Å²) >= 11 is 0. The van der Waals surface area contributed by atoms with Crippen molar-refractivity contribution in [3.8, 4) is 11.4 Å². The molecule has 2 heterocycles. The number of aromatic nitrogens is 6. The maximum atomic E-state index is 11.4. The van der Waals surface area contributed by atoms with Gasteiger partial charge in [-0.2, -0.15) is 10.0 Å². The van der Waals surface area contributed by atoms with Crippen molar-refractivity contribution in [1.82, 2.24) is 34.9 Å². The molecule has 0 fully saturated rings. The molecule has 1 aromatic heterocycles. The first kappa shape index (κ1) is 13.3. The van der Waals surface area contributed by atoms with E-state index in [9.17, 15) is 10.4 Å². The highest BCUT2D eigenvalue weighted by Crippen LogP contribution is 2.20. The lowest BCUT2D eigenvalue weighted by molar-refractivity contribution is 0.649. The molecular weight excluding hydrogens is 298 g/mol. The molecule has 0 saturated heterocycles. The third kappa shape index (κ3) is 2.09. The van der Waals surface area contributed by atoms with E-state index in [4.69, 9.17) is 0 Å². The third-order valence-electron chi connectivity index (χ3n) is 3.72. The Morgan fingerprint density at radius 3 is 2.83 bits per heavy atom. The van der Waals surface area contributed by atoms with Crippen LogP contribution in [0.1, 0.15) is 5.56 Å². The van der Waals surface area contributed by atoms with Crippen molar-refractivity contribution in [3.05, 3.63) is 57.7 Å². The molecule has 0 bridgehead atoms. The van der Waals surface area contributed by atoms with Gasteiger partial charge in [-0.15, -0.1) is 5.10 Å². The van der Waals surface area contributed by atoms with Gasteiger partial charge in [-0.05, 0) is 18.2 Å². The summed E-state index contributed by atoms with van der Waals surface area (Å²) in [6.07, 6.45) is 0. The quantitative estimate of drug-likeness (QED) is 0.539. The van der Waals surface area contributed by atoms with Crippen LogP contribution in [0.2, 0.25) is 0 Å². The number of nitrogens with one attached hydrogen (secondary N) is 1. The first-order valence-electron chi connectivity index (χ1n) is 6.94. The fourth-order valence-corrected chi connectivity index (χ4v) is 2.70. The minimum absolute atomic E-state index is 0.0290. The van der Waals surface area contributed by atoms with Gasteiger partial charge in [0.15, 0.2) is 0 Å². The molecule has 9 heteroatoms. The molecule has 4 rings (SSSR count). The molecular formula is C14H12N7O2-. The van der Waals surface area contributed by atoms with Gasteiger partial charge >= 0.3 is 0 Å². The van der Waals surface area contributed by atoms with Crippen LogP contribution in [-0.2, 0) is 13.6 Å². The molecule has 0 spiro atoms. The Morgan fingerprint density at radius 1 is 1.17 bits per heavy atom. The van der Waals surface area contributed by atoms with Crippen LogP contribution >= 0.6 is 0 Å². The zero-order valence-electron chi connectivity index (χ0n) is 12.2. The first-order chi connectivity index (χ1) is 11.1. The average molecular weight is 310 g/mol. The number of hydrogen-bond acceptors (Lipinski definition) is 5. The van der Waals surface area contributed by atoms with Crippen LogP contribution in [0.25, 0.3) is 22.4 Å². The molecule has 1 aliphatic heterocycles. The van der Waals surface area contributed by atoms with Gasteiger partial charge in [0, 0.05) is 13.1 Å². The van der Waals surface area contributed by atoms with Crippen molar-refractivity contribution in [2.75, 3.05) is 0 Å². The highest BCUT2D eigenvalue weighted by Gasteiger charge is 2.19. The van der Waals surface area contributed by atoms with Gasteiger partial charge in [0.05, 0.1) is 23.3 Å². The molecule has 0 amide bonds. The summed E-state index contributed by atoms with van der Waals surface area (Å²) < 4.78 is 1.65. The topological polar surface area (TPSA) is 113 Å². The van der Waals surface area contributed by atoms with E-state index in [0.717, 1.165) is 11.0 Å². The Bertz CT molecular complexity index is 1040. The number of H-pyrrole nitrogens is 1. The highest BCUT2D eigenvalue weighted by atomic mass is 16.8. The molecule has 0 saturated carbocycles. The Balaban J connectivity index is 1.95. The molecule has 23 heavy (non-hydrogen) atoms. The van der Waals surface area contributed by atoms with E-state index in [1.54, 1.807) is 17.8 Å². The van der Waals surface area contributed by atoms with E-state index in [1.807, 2.05) is 24.3 Å². The second-order valence-corrected chi connectivity index (χ2v) is 5.19. The van der Waals surface area contributed by atoms with Crippen molar-refractivity contribution in [2.24, 2.45) is 7.05 Å². The lowest BCUT2D eigenvalue weighted by Crippen LogP contribution is -2.26. The predicted octanol–water partition coefficient (Wildman–Crippen LogP) is 0.414. The van der Waals surface area contributed by atoms with E-state index in [1.165, 1.54) is 10.9 Å². The molecule has 116 valence electrons. The zero-order chi connectivity index (χ0) is 16.0. The molecule has 0 unspecified atom stereocenters. The smallest absolute Gasteiger partial charge is 0.230 e. The van der Waals surface area contributed by atoms with Crippen LogP contribution in [0.3, 0.4) is 0 Å². The molecule has 2 aliphatic rings. The lowest BCUT2D eigenvalue weighted by atomic mass is 10.1. The van der Waals surface area contributed by atoms with Crippen LogP contribution in [0.4, 0.5) is 0 Å². The van der Waals surface area contributed by atoms with Crippen molar-refractivity contribution < 1.29 is 0 Å². The Hall–Kier alpha value is -3.36. The number of benzene rings is 2. The number of aromatic amines is 1.